The van der Waals surface area contributed by atoms with Gasteiger partial charge in [0.15, 0.2) is 5.78 Å². The van der Waals surface area contributed by atoms with Crippen molar-refractivity contribution in [3.63, 3.8) is 0 Å². The van der Waals surface area contributed by atoms with Crippen LogP contribution in [0.25, 0.3) is 10.9 Å². The summed E-state index contributed by atoms with van der Waals surface area (Å²) in [5, 5.41) is 11.6. The van der Waals surface area contributed by atoms with E-state index in [4.69, 9.17) is 5.73 Å². The molecule has 7 N–H and O–H groups in total. The molecule has 0 saturated carbocycles. The molecular weight excluding hydrogens is 1040 g/mol. The lowest BCUT2D eigenvalue weighted by atomic mass is 9.85. The van der Waals surface area contributed by atoms with Gasteiger partial charge < -0.3 is 36.5 Å². The van der Waals surface area contributed by atoms with Crippen molar-refractivity contribution >= 4 is 63.9 Å². The average Bonchev–Trinajstić information content (AvgIpc) is 4.40. The summed E-state index contributed by atoms with van der Waals surface area (Å²) in [6, 6.07) is 24.6. The molecular formula is C62H66F2N8O9. The summed E-state index contributed by atoms with van der Waals surface area (Å²) in [6.07, 6.45) is 4.08. The summed E-state index contributed by atoms with van der Waals surface area (Å²) in [4.78, 5) is 127. The van der Waals surface area contributed by atoms with Crippen molar-refractivity contribution in [3.05, 3.63) is 142 Å². The number of Topliss-reactive ketones (excluding diaryl/α,β-unsaturated/α-hetero) is 1. The topological polar surface area (TPSA) is 250 Å². The summed E-state index contributed by atoms with van der Waals surface area (Å²) in [7, 11) is 0. The van der Waals surface area contributed by atoms with Crippen LogP contribution >= 0.6 is 0 Å². The lowest BCUT2D eigenvalue weighted by Gasteiger charge is -2.38. The lowest BCUT2D eigenvalue weighted by molar-refractivity contribution is -0.143. The first-order chi connectivity index (χ1) is 38.9. The summed E-state index contributed by atoms with van der Waals surface area (Å²) < 4.78 is 28.5. The summed E-state index contributed by atoms with van der Waals surface area (Å²) in [6.45, 7) is 0.996. The van der Waals surface area contributed by atoms with E-state index in [1.807, 2.05) is 66.7 Å². The molecule has 9 rings (SSSR count). The minimum absolute atomic E-state index is 0.0109. The summed E-state index contributed by atoms with van der Waals surface area (Å²) in [5.41, 5.74) is 9.48. The summed E-state index contributed by atoms with van der Waals surface area (Å²) >= 11 is 0. The van der Waals surface area contributed by atoms with Crippen LogP contribution in [0.3, 0.4) is 0 Å². The molecule has 1 unspecified atom stereocenters. The van der Waals surface area contributed by atoms with Crippen molar-refractivity contribution in [3.8, 4) is 11.8 Å². The number of hydrogen-bond donors (Lipinski definition) is 6. The number of ketones is 1. The normalized spacial score (nSPS) is 20.3. The number of piperidine rings is 1. The number of alkyl halides is 2. The smallest absolute Gasteiger partial charge is 0.270 e. The Morgan fingerprint density at radius 1 is 0.815 bits per heavy atom. The molecule has 4 aliphatic rings. The van der Waals surface area contributed by atoms with Gasteiger partial charge in [-0.25, -0.2) is 8.78 Å². The van der Waals surface area contributed by atoms with Crippen molar-refractivity contribution in [2.24, 2.45) is 5.73 Å². The van der Waals surface area contributed by atoms with Gasteiger partial charge >= 0.3 is 0 Å². The van der Waals surface area contributed by atoms with Crippen LogP contribution in [0.1, 0.15) is 158 Å². The van der Waals surface area contributed by atoms with Crippen molar-refractivity contribution in [1.82, 2.24) is 36.1 Å². The number of aromatic amines is 1. The largest absolute Gasteiger partial charge is 0.370 e. The number of amides is 8. The number of H-pyrrole nitrogens is 1. The first-order valence-electron chi connectivity index (χ1n) is 27.8. The number of nitrogens with one attached hydrogen (secondary N) is 5. The van der Waals surface area contributed by atoms with Gasteiger partial charge in [-0.3, -0.25) is 48.5 Å². The Morgan fingerprint density at radius 2 is 1.56 bits per heavy atom. The quantitative estimate of drug-likeness (QED) is 0.0275. The number of halogens is 2. The second-order valence-corrected chi connectivity index (χ2v) is 21.7. The van der Waals surface area contributed by atoms with Crippen molar-refractivity contribution < 1.29 is 51.9 Å². The number of benzene rings is 4. The standard InChI is InChI=1S/C62H66F2N8O9/c1-62(63,64)41-22-25-47-40(32-41)33-50(67-47)57(77)69-49-26-23-42(66-55(75)21-12-4-2-3-7-18-39-19-13-20-44-46(39)36-71(60(44)80)51-29-31-56(76)70-58(51)78)34-43-24-28-52(72(43)61(49)81)59(79)68-48(27-30-54(65)74)53(73)35-45(37-14-8-5-9-15-37)38-16-10-6-11-17-38/h5-6,8-11,13-17,19-20,22,25,32-33,42-43,45,48-49,51-52,67H,2-4,12,21,23-24,26-31,34-36H2,1H3,(H2,65,74)(H,66,75)(H,68,79)(H,69,77)(H,70,76,78)/t42-,43-,48+,49+,51?,52+/m1/s1. The van der Waals surface area contributed by atoms with E-state index in [0.717, 1.165) is 23.6 Å². The number of hydrogen-bond acceptors (Lipinski definition) is 9. The molecule has 81 heavy (non-hydrogen) atoms. The monoisotopic (exact) mass is 1100 g/mol. The van der Waals surface area contributed by atoms with Gasteiger partial charge in [0.05, 0.1) is 6.04 Å². The van der Waals surface area contributed by atoms with E-state index in [-0.39, 0.29) is 98.6 Å². The van der Waals surface area contributed by atoms with Crippen molar-refractivity contribution in [2.75, 3.05) is 0 Å². The lowest BCUT2D eigenvalue weighted by Crippen LogP contribution is -2.59. The number of carbonyl (C=O) groups excluding carboxylic acids is 9. The maximum absolute atomic E-state index is 14.9. The molecule has 19 heteroatoms. The van der Waals surface area contributed by atoms with Gasteiger partial charge in [-0.05, 0) is 105 Å². The molecule has 3 fully saturated rings. The number of carbonyl (C=O) groups is 9. The van der Waals surface area contributed by atoms with E-state index >= 15 is 0 Å². The summed E-state index contributed by atoms with van der Waals surface area (Å²) in [5.74, 6) is -1.26. The molecule has 3 saturated heterocycles. The van der Waals surface area contributed by atoms with Crippen molar-refractivity contribution in [1.29, 1.82) is 0 Å². The Morgan fingerprint density at radius 3 is 2.26 bits per heavy atom. The number of rotatable bonds is 20. The Labute approximate surface area is 467 Å². The number of nitrogens with zero attached hydrogens (tertiary/aromatic N) is 2. The molecule has 0 bridgehead atoms. The molecule has 0 aliphatic carbocycles. The third kappa shape index (κ3) is 13.7. The van der Waals surface area contributed by atoms with Crippen LogP contribution in [0.5, 0.6) is 0 Å². The first kappa shape index (κ1) is 57.2. The highest BCUT2D eigenvalue weighted by atomic mass is 19.3. The molecule has 6 atom stereocenters. The fourth-order valence-corrected chi connectivity index (χ4v) is 11.7. The minimum Gasteiger partial charge on any atom is -0.370 e. The van der Waals surface area contributed by atoms with E-state index in [0.29, 0.717) is 67.0 Å². The zero-order valence-corrected chi connectivity index (χ0v) is 45.1. The van der Waals surface area contributed by atoms with Gasteiger partial charge in [0.1, 0.15) is 23.8 Å². The number of fused-ring (bicyclic) bond motifs is 3. The van der Waals surface area contributed by atoms with Gasteiger partial charge in [-0.1, -0.05) is 91.1 Å². The van der Waals surface area contributed by atoms with Crippen LogP contribution in [-0.4, -0.2) is 104 Å². The molecule has 1 aromatic heterocycles. The Balaban J connectivity index is 0.861. The molecule has 5 heterocycles. The van der Waals surface area contributed by atoms with E-state index < -0.39 is 71.7 Å². The van der Waals surface area contributed by atoms with E-state index in [1.165, 1.54) is 34.1 Å². The SMILES string of the molecule is CC(F)(F)c1ccc2[nH]c(C(=O)N[C@H]3CC[C@@H](NC(=O)CCCCCC#Cc4cccc5c4CN(C4CCC(=O)NC4=O)C5=O)C[C@H]4CC[C@@H](C(=O)N[C@@H](CCC(N)=O)C(=O)CC(c5ccccc5)c5ccccc5)N4C3=O)cc2c1. The molecule has 8 amide bonds. The molecule has 17 nitrogen and oxygen atoms in total. The highest BCUT2D eigenvalue weighted by Gasteiger charge is 2.47. The maximum atomic E-state index is 14.9. The second kappa shape index (κ2) is 25.3. The molecule has 5 aromatic rings. The Bertz CT molecular complexity index is 3260. The first-order valence-corrected chi connectivity index (χ1v) is 27.8. The highest BCUT2D eigenvalue weighted by molar-refractivity contribution is 6.06. The number of primary amides is 1. The van der Waals surface area contributed by atoms with Crippen LogP contribution in [-0.2, 0) is 46.0 Å². The predicted molar refractivity (Wildman–Crippen MR) is 296 cm³/mol. The minimum atomic E-state index is -3.12. The van der Waals surface area contributed by atoms with Crippen LogP contribution in [0.2, 0.25) is 0 Å². The molecule has 4 aliphatic heterocycles. The Hall–Kier alpha value is -8.53. The van der Waals surface area contributed by atoms with Crippen LogP contribution < -0.4 is 27.0 Å². The van der Waals surface area contributed by atoms with Crippen LogP contribution in [0, 0.1) is 11.8 Å². The second-order valence-electron chi connectivity index (χ2n) is 21.7. The van der Waals surface area contributed by atoms with E-state index in [1.54, 1.807) is 12.1 Å². The fourth-order valence-electron chi connectivity index (χ4n) is 11.7. The van der Waals surface area contributed by atoms with Crippen LogP contribution in [0.15, 0.2) is 103 Å². The van der Waals surface area contributed by atoms with Gasteiger partial charge in [0.2, 0.25) is 35.4 Å². The van der Waals surface area contributed by atoms with Crippen LogP contribution in [0.4, 0.5) is 8.78 Å². The molecule has 4 aromatic carbocycles. The zero-order chi connectivity index (χ0) is 57.4. The Kier molecular flexibility index (Phi) is 17.8. The maximum Gasteiger partial charge on any atom is 0.270 e. The molecule has 0 radical (unpaired) electrons. The number of nitrogens with two attached hydrogens (primary N) is 1. The third-order valence-corrected chi connectivity index (χ3v) is 16.0. The number of imide groups is 1. The average molecular weight is 1110 g/mol. The predicted octanol–water partition coefficient (Wildman–Crippen LogP) is 6.71. The number of unbranched alkanes of at least 4 members (excludes halogenated alkanes) is 3. The van der Waals surface area contributed by atoms with Gasteiger partial charge in [-0.2, -0.15) is 0 Å². The van der Waals surface area contributed by atoms with Gasteiger partial charge in [-0.15, -0.1) is 0 Å². The van der Waals surface area contributed by atoms with Gasteiger partial charge in [0, 0.05) is 91.2 Å². The zero-order valence-electron chi connectivity index (χ0n) is 45.1. The van der Waals surface area contributed by atoms with Crippen molar-refractivity contribution in [2.45, 2.75) is 158 Å². The van der Waals surface area contributed by atoms with E-state index in [2.05, 4.69) is 38.1 Å². The molecule has 0 spiro atoms. The van der Waals surface area contributed by atoms with E-state index in [9.17, 15) is 51.9 Å². The fraction of sp³-hybridized carbons (Fsp3) is 0.403. The highest BCUT2D eigenvalue weighted by Crippen LogP contribution is 2.35. The molecule has 422 valence electrons. The third-order valence-electron chi connectivity index (χ3n) is 16.0. The van der Waals surface area contributed by atoms with Gasteiger partial charge in [0.25, 0.3) is 17.7 Å². The number of aromatic nitrogens is 1.